The molecule has 2 rings (SSSR count). The largest absolute Gasteiger partial charge is 0.411 e. The smallest absolute Gasteiger partial charge is 0.103 e. The van der Waals surface area contributed by atoms with E-state index in [0.717, 1.165) is 11.3 Å². The highest BCUT2D eigenvalue weighted by Gasteiger charge is 2.07. The molecule has 0 amide bonds. The molecular formula is C16H16N2O. The zero-order chi connectivity index (χ0) is 13.7. The topological polar surface area (TPSA) is 45.0 Å². The van der Waals surface area contributed by atoms with Gasteiger partial charge in [0.05, 0.1) is 11.4 Å². The summed E-state index contributed by atoms with van der Waals surface area (Å²) in [5.74, 6) is 0. The van der Waals surface area contributed by atoms with Crippen LogP contribution in [0.1, 0.15) is 18.1 Å². The molecule has 19 heavy (non-hydrogen) atoms. The molecule has 0 heterocycles. The van der Waals surface area contributed by atoms with Gasteiger partial charge in [0.2, 0.25) is 0 Å². The normalized spacial score (nSPS) is 12.5. The van der Waals surface area contributed by atoms with E-state index in [-0.39, 0.29) is 0 Å². The molecule has 0 aromatic heterocycles. The Bertz CT molecular complexity index is 598. The number of aryl methyl sites for hydroxylation is 1. The molecule has 0 bridgehead atoms. The summed E-state index contributed by atoms with van der Waals surface area (Å²) in [6.07, 6.45) is 0. The number of aliphatic imine (C=N–C) groups is 1. The van der Waals surface area contributed by atoms with E-state index >= 15 is 0 Å². The molecule has 2 aromatic rings. The van der Waals surface area contributed by atoms with Gasteiger partial charge in [0, 0.05) is 5.56 Å². The minimum Gasteiger partial charge on any atom is -0.411 e. The first kappa shape index (κ1) is 13.0. The molecular weight excluding hydrogens is 236 g/mol. The lowest BCUT2D eigenvalue weighted by molar-refractivity contribution is 0.320. The molecule has 0 aliphatic rings. The van der Waals surface area contributed by atoms with Crippen LogP contribution in [-0.2, 0) is 0 Å². The number of hydrogen-bond donors (Lipinski definition) is 1. The van der Waals surface area contributed by atoms with Crippen LogP contribution in [-0.4, -0.2) is 16.6 Å². The van der Waals surface area contributed by atoms with Crippen LogP contribution in [0.3, 0.4) is 0 Å². The van der Waals surface area contributed by atoms with E-state index < -0.39 is 0 Å². The minimum absolute atomic E-state index is 0.492. The van der Waals surface area contributed by atoms with Crippen LogP contribution < -0.4 is 0 Å². The second-order valence-electron chi connectivity index (χ2n) is 4.35. The fourth-order valence-electron chi connectivity index (χ4n) is 1.75. The Morgan fingerprint density at radius 2 is 1.58 bits per heavy atom. The zero-order valence-corrected chi connectivity index (χ0v) is 11.0. The molecule has 0 spiro atoms. The highest BCUT2D eigenvalue weighted by Crippen LogP contribution is 2.15. The van der Waals surface area contributed by atoms with E-state index in [2.05, 4.69) is 10.1 Å². The fraction of sp³-hybridized carbons (Fsp3) is 0.125. The van der Waals surface area contributed by atoms with Crippen molar-refractivity contribution in [2.24, 2.45) is 10.1 Å². The molecule has 0 atom stereocenters. The predicted octanol–water partition coefficient (Wildman–Crippen LogP) is 3.97. The summed E-state index contributed by atoms with van der Waals surface area (Å²) in [7, 11) is 0. The van der Waals surface area contributed by atoms with Crippen molar-refractivity contribution in [3.8, 4) is 0 Å². The van der Waals surface area contributed by atoms with E-state index in [1.54, 1.807) is 6.92 Å². The first-order valence-corrected chi connectivity index (χ1v) is 6.10. The van der Waals surface area contributed by atoms with Gasteiger partial charge in [-0.05, 0) is 26.0 Å². The van der Waals surface area contributed by atoms with Gasteiger partial charge in [-0.2, -0.15) is 0 Å². The lowest BCUT2D eigenvalue weighted by atomic mass is 10.1. The molecule has 0 radical (unpaired) electrons. The lowest BCUT2D eigenvalue weighted by Gasteiger charge is -2.05. The van der Waals surface area contributed by atoms with E-state index in [4.69, 9.17) is 5.21 Å². The van der Waals surface area contributed by atoms with E-state index in [0.29, 0.717) is 11.4 Å². The second-order valence-corrected chi connectivity index (χ2v) is 4.35. The highest BCUT2D eigenvalue weighted by atomic mass is 16.4. The van der Waals surface area contributed by atoms with Gasteiger partial charge in [-0.25, -0.2) is 4.99 Å². The third-order valence-corrected chi connectivity index (χ3v) is 2.81. The van der Waals surface area contributed by atoms with Gasteiger partial charge in [0.1, 0.15) is 5.71 Å². The molecule has 0 saturated carbocycles. The standard InChI is InChI=1S/C16H16N2O/c1-12-8-10-15(11-9-12)17-16(13(2)18-19)14-6-4-3-5-7-14/h3-11,19H,1-2H3/b17-16?,18-13-. The number of hydrogen-bond acceptors (Lipinski definition) is 3. The van der Waals surface area contributed by atoms with E-state index in [1.165, 1.54) is 5.56 Å². The van der Waals surface area contributed by atoms with Crippen molar-refractivity contribution in [1.82, 2.24) is 0 Å². The first-order valence-electron chi connectivity index (χ1n) is 6.10. The SMILES string of the molecule is C/C(=N/O)C(=Nc1ccc(C)cc1)c1ccccc1. The maximum absolute atomic E-state index is 9.00. The van der Waals surface area contributed by atoms with Crippen LogP contribution in [0.4, 0.5) is 5.69 Å². The Morgan fingerprint density at radius 1 is 0.947 bits per heavy atom. The van der Waals surface area contributed by atoms with Crippen molar-refractivity contribution >= 4 is 17.1 Å². The van der Waals surface area contributed by atoms with Crippen LogP contribution in [0.15, 0.2) is 64.7 Å². The first-order chi connectivity index (χ1) is 9.20. The molecule has 1 N–H and O–H groups in total. The van der Waals surface area contributed by atoms with Gasteiger partial charge in [-0.1, -0.05) is 53.2 Å². The summed E-state index contributed by atoms with van der Waals surface area (Å²) >= 11 is 0. The fourth-order valence-corrected chi connectivity index (χ4v) is 1.75. The monoisotopic (exact) mass is 252 g/mol. The number of rotatable bonds is 3. The van der Waals surface area contributed by atoms with Gasteiger partial charge in [-0.15, -0.1) is 0 Å². The van der Waals surface area contributed by atoms with Crippen molar-refractivity contribution in [3.05, 3.63) is 65.7 Å². The lowest BCUT2D eigenvalue weighted by Crippen LogP contribution is -2.11. The van der Waals surface area contributed by atoms with Crippen LogP contribution in [0, 0.1) is 6.92 Å². The quantitative estimate of drug-likeness (QED) is 0.501. The third-order valence-electron chi connectivity index (χ3n) is 2.81. The molecule has 0 unspecified atom stereocenters. The Hall–Kier alpha value is -2.42. The molecule has 96 valence electrons. The van der Waals surface area contributed by atoms with Crippen molar-refractivity contribution in [1.29, 1.82) is 0 Å². The van der Waals surface area contributed by atoms with Gasteiger partial charge in [0.25, 0.3) is 0 Å². The number of oxime groups is 1. The van der Waals surface area contributed by atoms with Crippen LogP contribution in [0.25, 0.3) is 0 Å². The Morgan fingerprint density at radius 3 is 2.16 bits per heavy atom. The highest BCUT2D eigenvalue weighted by molar-refractivity contribution is 6.47. The molecule has 3 heteroatoms. The summed E-state index contributed by atoms with van der Waals surface area (Å²) in [4.78, 5) is 4.57. The van der Waals surface area contributed by atoms with Crippen molar-refractivity contribution in [2.45, 2.75) is 13.8 Å². The van der Waals surface area contributed by atoms with Crippen molar-refractivity contribution in [2.75, 3.05) is 0 Å². The molecule has 2 aromatic carbocycles. The summed E-state index contributed by atoms with van der Waals surface area (Å²) in [5, 5.41) is 12.3. The van der Waals surface area contributed by atoms with Gasteiger partial charge in [-0.3, -0.25) is 0 Å². The van der Waals surface area contributed by atoms with Crippen molar-refractivity contribution in [3.63, 3.8) is 0 Å². The maximum atomic E-state index is 9.00. The molecule has 0 aliphatic carbocycles. The zero-order valence-electron chi connectivity index (χ0n) is 11.0. The summed E-state index contributed by atoms with van der Waals surface area (Å²) in [6.45, 7) is 3.77. The van der Waals surface area contributed by atoms with Gasteiger partial charge in [0.15, 0.2) is 0 Å². The Balaban J connectivity index is 2.47. The van der Waals surface area contributed by atoms with Crippen LogP contribution in [0.2, 0.25) is 0 Å². The second kappa shape index (κ2) is 5.96. The molecule has 0 aliphatic heterocycles. The number of benzene rings is 2. The molecule has 3 nitrogen and oxygen atoms in total. The van der Waals surface area contributed by atoms with Crippen LogP contribution >= 0.6 is 0 Å². The van der Waals surface area contributed by atoms with Crippen LogP contribution in [0.5, 0.6) is 0 Å². The average Bonchev–Trinajstić information content (AvgIpc) is 2.47. The Kier molecular flexibility index (Phi) is 4.08. The maximum Gasteiger partial charge on any atom is 0.103 e. The summed E-state index contributed by atoms with van der Waals surface area (Å²) in [6, 6.07) is 17.6. The third kappa shape index (κ3) is 3.28. The van der Waals surface area contributed by atoms with Gasteiger partial charge < -0.3 is 5.21 Å². The minimum atomic E-state index is 0.492. The summed E-state index contributed by atoms with van der Waals surface area (Å²) < 4.78 is 0. The number of nitrogens with zero attached hydrogens (tertiary/aromatic N) is 2. The molecule has 0 fully saturated rings. The van der Waals surface area contributed by atoms with E-state index in [9.17, 15) is 0 Å². The Labute approximate surface area is 112 Å². The van der Waals surface area contributed by atoms with E-state index in [1.807, 2.05) is 61.5 Å². The summed E-state index contributed by atoms with van der Waals surface area (Å²) in [5.41, 5.74) is 4.12. The van der Waals surface area contributed by atoms with Gasteiger partial charge >= 0.3 is 0 Å². The average molecular weight is 252 g/mol. The predicted molar refractivity (Wildman–Crippen MR) is 78.7 cm³/mol. The van der Waals surface area contributed by atoms with Crippen molar-refractivity contribution < 1.29 is 5.21 Å². The molecule has 0 saturated heterocycles.